The molecule has 0 saturated heterocycles. The third-order valence-corrected chi connectivity index (χ3v) is 1.73. The molecule has 1 rings (SSSR count). The SMILES string of the molecule is C[C@H](OC(=O)C=[N+]=[N-])c1ccccc1. The summed E-state index contributed by atoms with van der Waals surface area (Å²) in [5, 5.41) is 0. The number of esters is 1. The molecule has 0 spiro atoms. The fourth-order valence-corrected chi connectivity index (χ4v) is 1.04. The van der Waals surface area contributed by atoms with Crippen LogP contribution < -0.4 is 0 Å². The van der Waals surface area contributed by atoms with E-state index >= 15 is 0 Å². The van der Waals surface area contributed by atoms with Gasteiger partial charge in [-0.05, 0) is 12.5 Å². The van der Waals surface area contributed by atoms with E-state index in [1.807, 2.05) is 30.3 Å². The van der Waals surface area contributed by atoms with E-state index in [0.29, 0.717) is 0 Å². The van der Waals surface area contributed by atoms with Crippen LogP contribution in [0.2, 0.25) is 0 Å². The molecule has 0 aliphatic carbocycles. The summed E-state index contributed by atoms with van der Waals surface area (Å²) in [5.74, 6) is -0.663. The van der Waals surface area contributed by atoms with Gasteiger partial charge in [0.1, 0.15) is 6.10 Å². The van der Waals surface area contributed by atoms with Crippen molar-refractivity contribution in [2.24, 2.45) is 0 Å². The number of carbonyl (C=O) groups excluding carboxylic acids is 1. The molecule has 1 aromatic rings. The summed E-state index contributed by atoms with van der Waals surface area (Å²) in [6.45, 7) is 1.75. The van der Waals surface area contributed by atoms with Crippen molar-refractivity contribution in [3.63, 3.8) is 0 Å². The molecule has 0 N–H and O–H groups in total. The van der Waals surface area contributed by atoms with Crippen molar-refractivity contribution in [1.29, 1.82) is 0 Å². The second-order valence-corrected chi connectivity index (χ2v) is 2.73. The zero-order chi connectivity index (χ0) is 10.4. The Hall–Kier alpha value is -1.93. The lowest BCUT2D eigenvalue weighted by molar-refractivity contribution is -0.143. The molecule has 0 aliphatic heterocycles. The predicted molar refractivity (Wildman–Crippen MR) is 50.6 cm³/mol. The first-order chi connectivity index (χ1) is 6.74. The molecule has 0 aromatic heterocycles. The van der Waals surface area contributed by atoms with E-state index in [9.17, 15) is 4.79 Å². The molecular formula is C10H10N2O2. The van der Waals surface area contributed by atoms with Gasteiger partial charge in [0.05, 0.1) is 0 Å². The molecule has 0 bridgehead atoms. The molecule has 0 radical (unpaired) electrons. The number of hydrogen-bond donors (Lipinski definition) is 0. The van der Waals surface area contributed by atoms with Crippen LogP contribution in [0.25, 0.3) is 5.53 Å². The predicted octanol–water partition coefficient (Wildman–Crippen LogP) is 1.59. The minimum absolute atomic E-state index is 0.346. The van der Waals surface area contributed by atoms with Crippen molar-refractivity contribution in [3.8, 4) is 0 Å². The maximum Gasteiger partial charge on any atom is 0.414 e. The third-order valence-electron chi connectivity index (χ3n) is 1.73. The van der Waals surface area contributed by atoms with Gasteiger partial charge in [0.25, 0.3) is 0 Å². The number of rotatable bonds is 3. The number of carbonyl (C=O) groups is 1. The summed E-state index contributed by atoms with van der Waals surface area (Å²) in [7, 11) is 0. The Bertz CT molecular complexity index is 356. The van der Waals surface area contributed by atoms with E-state index in [2.05, 4.69) is 4.79 Å². The van der Waals surface area contributed by atoms with Gasteiger partial charge in [-0.25, -0.2) is 4.79 Å². The minimum Gasteiger partial charge on any atom is -0.449 e. The first kappa shape index (κ1) is 10.2. The van der Waals surface area contributed by atoms with Crippen LogP contribution in [-0.4, -0.2) is 17.0 Å². The zero-order valence-electron chi connectivity index (χ0n) is 7.75. The molecule has 14 heavy (non-hydrogen) atoms. The van der Waals surface area contributed by atoms with Crippen molar-refractivity contribution in [1.82, 2.24) is 0 Å². The first-order valence-electron chi connectivity index (χ1n) is 4.17. The van der Waals surface area contributed by atoms with Gasteiger partial charge in [-0.2, -0.15) is 4.79 Å². The summed E-state index contributed by atoms with van der Waals surface area (Å²) in [4.78, 5) is 13.5. The van der Waals surface area contributed by atoms with Gasteiger partial charge in [-0.1, -0.05) is 30.3 Å². The molecule has 4 heteroatoms. The summed E-state index contributed by atoms with van der Waals surface area (Å²) >= 11 is 0. The van der Waals surface area contributed by atoms with Gasteiger partial charge in [-0.3, -0.25) is 0 Å². The average Bonchev–Trinajstić information content (AvgIpc) is 2.19. The summed E-state index contributed by atoms with van der Waals surface area (Å²) < 4.78 is 4.93. The Labute approximate surface area is 81.7 Å². The van der Waals surface area contributed by atoms with Crippen LogP contribution in [0.4, 0.5) is 0 Å². The Balaban J connectivity index is 2.63. The lowest BCUT2D eigenvalue weighted by atomic mass is 10.1. The summed E-state index contributed by atoms with van der Waals surface area (Å²) in [5.41, 5.74) is 8.98. The number of ether oxygens (including phenoxy) is 1. The number of hydrogen-bond acceptors (Lipinski definition) is 2. The van der Waals surface area contributed by atoms with Crippen molar-refractivity contribution in [2.45, 2.75) is 13.0 Å². The summed E-state index contributed by atoms with van der Waals surface area (Å²) in [6.07, 6.45) is 0.376. The Morgan fingerprint density at radius 2 is 2.14 bits per heavy atom. The highest BCUT2D eigenvalue weighted by atomic mass is 16.5. The van der Waals surface area contributed by atoms with Crippen LogP contribution in [0.1, 0.15) is 18.6 Å². The summed E-state index contributed by atoms with van der Waals surface area (Å²) in [6, 6.07) is 9.31. The van der Waals surface area contributed by atoms with Crippen LogP contribution in [0.15, 0.2) is 30.3 Å². The standard InChI is InChI=1S/C10H10N2O2/c1-8(14-10(13)7-12-11)9-5-3-2-4-6-9/h2-8H,1H3/t8-/m0/s1. The highest BCUT2D eigenvalue weighted by Crippen LogP contribution is 2.15. The number of nitrogens with zero attached hydrogens (tertiary/aromatic N) is 2. The average molecular weight is 190 g/mol. The molecule has 72 valence electrons. The minimum atomic E-state index is -0.663. The molecule has 0 fully saturated rings. The molecule has 0 aliphatic rings. The largest absolute Gasteiger partial charge is 0.449 e. The van der Waals surface area contributed by atoms with Crippen LogP contribution in [0, 0.1) is 0 Å². The van der Waals surface area contributed by atoms with Gasteiger partial charge < -0.3 is 10.3 Å². The molecule has 4 nitrogen and oxygen atoms in total. The smallest absolute Gasteiger partial charge is 0.414 e. The zero-order valence-corrected chi connectivity index (χ0v) is 7.75. The Morgan fingerprint density at radius 1 is 1.50 bits per heavy atom. The lowest BCUT2D eigenvalue weighted by Crippen LogP contribution is -2.09. The van der Waals surface area contributed by atoms with Gasteiger partial charge in [0.15, 0.2) is 0 Å². The normalized spacial score (nSPS) is 11.2. The third kappa shape index (κ3) is 2.84. The second kappa shape index (κ2) is 4.94. The monoisotopic (exact) mass is 190 g/mol. The molecule has 1 aromatic carbocycles. The van der Waals surface area contributed by atoms with E-state index in [1.165, 1.54) is 0 Å². The number of benzene rings is 1. The van der Waals surface area contributed by atoms with Gasteiger partial charge in [-0.15, -0.1) is 0 Å². The van der Waals surface area contributed by atoms with Crippen molar-refractivity contribution >= 4 is 12.2 Å². The molecule has 1 atom stereocenters. The molecule has 0 heterocycles. The van der Waals surface area contributed by atoms with Crippen molar-refractivity contribution in [2.75, 3.05) is 0 Å². The maximum atomic E-state index is 10.9. The molecule has 0 unspecified atom stereocenters. The highest BCUT2D eigenvalue weighted by Gasteiger charge is 2.11. The van der Waals surface area contributed by atoms with E-state index in [0.717, 1.165) is 11.8 Å². The quantitative estimate of drug-likeness (QED) is 0.314. The first-order valence-corrected chi connectivity index (χ1v) is 4.17. The molecule has 0 amide bonds. The van der Waals surface area contributed by atoms with Crippen LogP contribution in [0.5, 0.6) is 0 Å². The topological polar surface area (TPSA) is 62.7 Å². The molecular weight excluding hydrogens is 180 g/mol. The highest BCUT2D eigenvalue weighted by molar-refractivity contribution is 6.20. The fraction of sp³-hybridized carbons (Fsp3) is 0.200. The van der Waals surface area contributed by atoms with Crippen molar-refractivity contribution < 1.29 is 14.3 Å². The van der Waals surface area contributed by atoms with E-state index in [4.69, 9.17) is 10.3 Å². The van der Waals surface area contributed by atoms with Crippen molar-refractivity contribution in [3.05, 3.63) is 41.4 Å². The van der Waals surface area contributed by atoms with Crippen LogP contribution >= 0.6 is 0 Å². The second-order valence-electron chi connectivity index (χ2n) is 2.73. The van der Waals surface area contributed by atoms with Gasteiger partial charge >= 0.3 is 12.2 Å². The van der Waals surface area contributed by atoms with Gasteiger partial charge in [0.2, 0.25) is 0 Å². The van der Waals surface area contributed by atoms with E-state index in [1.54, 1.807) is 6.92 Å². The maximum absolute atomic E-state index is 10.9. The fourth-order valence-electron chi connectivity index (χ4n) is 1.04. The van der Waals surface area contributed by atoms with E-state index in [-0.39, 0.29) is 6.10 Å². The Kier molecular flexibility index (Phi) is 3.58. The van der Waals surface area contributed by atoms with E-state index < -0.39 is 5.97 Å². The van der Waals surface area contributed by atoms with Crippen LogP contribution in [0.3, 0.4) is 0 Å². The van der Waals surface area contributed by atoms with Crippen LogP contribution in [-0.2, 0) is 9.53 Å². The van der Waals surface area contributed by atoms with Gasteiger partial charge in [0, 0.05) is 0 Å². The molecule has 0 saturated carbocycles. The Morgan fingerprint density at radius 3 is 2.71 bits per heavy atom. The lowest BCUT2D eigenvalue weighted by Gasteiger charge is -2.09.